The number of nitrogens with one attached hydrogen (secondary N) is 1. The lowest BCUT2D eigenvalue weighted by Gasteiger charge is -2.12. The van der Waals surface area contributed by atoms with Crippen molar-refractivity contribution >= 4 is 41.3 Å². The first kappa shape index (κ1) is 28.0. The van der Waals surface area contributed by atoms with Gasteiger partial charge in [0.15, 0.2) is 18.1 Å². The SMILES string of the molecule is CCOc1cc(C=NNC(=O)COc2cc(C(C)C)ccc2C)ccc1OC(=O)c1ccc(Cl)cc1Cl. The number of carbonyl (C=O) groups is 2. The van der Waals surface area contributed by atoms with Crippen LogP contribution in [0.4, 0.5) is 0 Å². The van der Waals surface area contributed by atoms with Gasteiger partial charge < -0.3 is 14.2 Å². The topological polar surface area (TPSA) is 86.2 Å². The number of hydrazone groups is 1. The van der Waals surface area contributed by atoms with E-state index in [1.165, 1.54) is 18.3 Å². The fraction of sp³-hybridized carbons (Fsp3) is 0.250. The Labute approximate surface area is 226 Å². The Morgan fingerprint density at radius 1 is 0.973 bits per heavy atom. The van der Waals surface area contributed by atoms with Crippen LogP contribution < -0.4 is 19.6 Å². The first-order valence-electron chi connectivity index (χ1n) is 11.7. The molecular formula is C28H28Cl2N2O5. The average molecular weight is 543 g/mol. The standard InChI is InChI=1S/C28H28Cl2N2O5/c1-5-35-26-12-19(7-11-24(26)37-28(34)22-10-9-21(29)14-23(22)30)15-31-32-27(33)16-36-25-13-20(17(2)3)8-6-18(25)4/h6-15,17H,5,16H2,1-4H3,(H,32,33). The average Bonchev–Trinajstić information content (AvgIpc) is 2.85. The van der Waals surface area contributed by atoms with Crippen LogP contribution in [0.1, 0.15) is 53.7 Å². The third-order valence-corrected chi connectivity index (χ3v) is 5.81. The molecule has 37 heavy (non-hydrogen) atoms. The zero-order chi connectivity index (χ0) is 26.9. The molecule has 194 valence electrons. The van der Waals surface area contributed by atoms with Crippen LogP contribution in [0.15, 0.2) is 59.7 Å². The normalized spacial score (nSPS) is 11.0. The highest BCUT2D eigenvalue weighted by Gasteiger charge is 2.16. The summed E-state index contributed by atoms with van der Waals surface area (Å²) in [6, 6.07) is 15.4. The second-order valence-corrected chi connectivity index (χ2v) is 9.26. The Morgan fingerprint density at radius 2 is 1.76 bits per heavy atom. The summed E-state index contributed by atoms with van der Waals surface area (Å²) in [5.74, 6) is 0.516. The minimum Gasteiger partial charge on any atom is -0.490 e. The number of halogens is 2. The molecule has 3 rings (SSSR count). The lowest BCUT2D eigenvalue weighted by atomic mass is 10.0. The van der Waals surface area contributed by atoms with Gasteiger partial charge in [-0.15, -0.1) is 0 Å². The summed E-state index contributed by atoms with van der Waals surface area (Å²) >= 11 is 12.0. The number of ether oxygens (including phenoxy) is 3. The van der Waals surface area contributed by atoms with Crippen LogP contribution in [0.3, 0.4) is 0 Å². The quantitative estimate of drug-likeness (QED) is 0.135. The molecule has 0 heterocycles. The Morgan fingerprint density at radius 3 is 2.46 bits per heavy atom. The third kappa shape index (κ3) is 7.97. The van der Waals surface area contributed by atoms with Crippen molar-refractivity contribution in [3.63, 3.8) is 0 Å². The van der Waals surface area contributed by atoms with E-state index in [1.807, 2.05) is 25.1 Å². The first-order chi connectivity index (χ1) is 17.7. The Hall–Kier alpha value is -3.55. The summed E-state index contributed by atoms with van der Waals surface area (Å²) in [4.78, 5) is 24.8. The van der Waals surface area contributed by atoms with Gasteiger partial charge in [0.25, 0.3) is 5.91 Å². The predicted molar refractivity (Wildman–Crippen MR) is 146 cm³/mol. The van der Waals surface area contributed by atoms with Crippen LogP contribution in [0.5, 0.6) is 17.2 Å². The largest absolute Gasteiger partial charge is 0.490 e. The number of esters is 1. The summed E-state index contributed by atoms with van der Waals surface area (Å²) in [6.45, 7) is 8.10. The van der Waals surface area contributed by atoms with E-state index >= 15 is 0 Å². The molecule has 0 aliphatic heterocycles. The van der Waals surface area contributed by atoms with Gasteiger partial charge in [0.05, 0.1) is 23.4 Å². The second-order valence-electron chi connectivity index (χ2n) is 8.41. The third-order valence-electron chi connectivity index (χ3n) is 5.26. The van der Waals surface area contributed by atoms with Gasteiger partial charge in [0, 0.05) is 5.02 Å². The highest BCUT2D eigenvalue weighted by molar-refractivity contribution is 6.36. The fourth-order valence-electron chi connectivity index (χ4n) is 3.25. The number of hydrogen-bond acceptors (Lipinski definition) is 6. The molecule has 0 aliphatic rings. The molecule has 0 atom stereocenters. The molecule has 0 unspecified atom stereocenters. The minimum atomic E-state index is -0.648. The number of hydrogen-bond donors (Lipinski definition) is 1. The lowest BCUT2D eigenvalue weighted by Crippen LogP contribution is -2.24. The van der Waals surface area contributed by atoms with Crippen LogP contribution in [0.2, 0.25) is 10.0 Å². The van der Waals surface area contributed by atoms with Crippen molar-refractivity contribution in [2.75, 3.05) is 13.2 Å². The summed E-state index contributed by atoms with van der Waals surface area (Å²) in [6.07, 6.45) is 1.45. The van der Waals surface area contributed by atoms with E-state index in [2.05, 4.69) is 24.4 Å². The number of carbonyl (C=O) groups excluding carboxylic acids is 2. The number of benzene rings is 3. The van der Waals surface area contributed by atoms with Crippen molar-refractivity contribution < 1.29 is 23.8 Å². The maximum atomic E-state index is 12.6. The smallest absolute Gasteiger partial charge is 0.345 e. The highest BCUT2D eigenvalue weighted by atomic mass is 35.5. The van der Waals surface area contributed by atoms with Gasteiger partial charge in [0.1, 0.15) is 5.75 Å². The highest BCUT2D eigenvalue weighted by Crippen LogP contribution is 2.30. The minimum absolute atomic E-state index is 0.175. The van der Waals surface area contributed by atoms with Crippen molar-refractivity contribution in [1.82, 2.24) is 5.43 Å². The van der Waals surface area contributed by atoms with E-state index in [0.717, 1.165) is 11.1 Å². The summed E-state index contributed by atoms with van der Waals surface area (Å²) in [5.41, 5.74) is 5.32. The van der Waals surface area contributed by atoms with Crippen LogP contribution in [0.25, 0.3) is 0 Å². The Kier molecular flexibility index (Phi) is 9.94. The molecule has 1 N–H and O–H groups in total. The zero-order valence-corrected chi connectivity index (χ0v) is 22.5. The molecule has 0 bridgehead atoms. The van der Waals surface area contributed by atoms with Gasteiger partial charge in [0.2, 0.25) is 0 Å². The van der Waals surface area contributed by atoms with Gasteiger partial charge in [-0.05, 0) is 78.9 Å². The number of rotatable bonds is 10. The molecule has 0 saturated carbocycles. The molecule has 7 nitrogen and oxygen atoms in total. The van der Waals surface area contributed by atoms with E-state index in [9.17, 15) is 9.59 Å². The van der Waals surface area contributed by atoms with E-state index in [1.54, 1.807) is 31.2 Å². The number of amides is 1. The molecule has 0 aliphatic carbocycles. The molecule has 9 heteroatoms. The Balaban J connectivity index is 1.62. The van der Waals surface area contributed by atoms with Gasteiger partial charge in [-0.25, -0.2) is 10.2 Å². The summed E-state index contributed by atoms with van der Waals surface area (Å²) in [5, 5.41) is 4.58. The predicted octanol–water partition coefficient (Wildman–Crippen LogP) is 6.57. The molecule has 0 aromatic heterocycles. The fourth-order valence-corrected chi connectivity index (χ4v) is 3.74. The molecule has 0 radical (unpaired) electrons. The monoisotopic (exact) mass is 542 g/mol. The van der Waals surface area contributed by atoms with Crippen molar-refractivity contribution in [1.29, 1.82) is 0 Å². The second kappa shape index (κ2) is 13.1. The van der Waals surface area contributed by atoms with Crippen LogP contribution in [-0.2, 0) is 4.79 Å². The van der Waals surface area contributed by atoms with Crippen LogP contribution in [0, 0.1) is 6.92 Å². The van der Waals surface area contributed by atoms with Crippen molar-refractivity contribution in [3.8, 4) is 17.2 Å². The lowest BCUT2D eigenvalue weighted by molar-refractivity contribution is -0.123. The molecule has 3 aromatic rings. The van der Waals surface area contributed by atoms with Gasteiger partial charge in [-0.2, -0.15) is 5.10 Å². The first-order valence-corrected chi connectivity index (χ1v) is 12.4. The molecule has 1 amide bonds. The summed E-state index contributed by atoms with van der Waals surface area (Å²) in [7, 11) is 0. The molecule has 0 saturated heterocycles. The van der Waals surface area contributed by atoms with Crippen molar-refractivity contribution in [3.05, 3.63) is 86.9 Å². The summed E-state index contributed by atoms with van der Waals surface area (Å²) < 4.78 is 16.8. The van der Waals surface area contributed by atoms with Gasteiger partial charge in [-0.3, -0.25) is 4.79 Å². The van der Waals surface area contributed by atoms with Crippen LogP contribution >= 0.6 is 23.2 Å². The number of aryl methyl sites for hydroxylation is 1. The Bertz CT molecular complexity index is 1310. The van der Waals surface area contributed by atoms with E-state index in [4.69, 9.17) is 37.4 Å². The van der Waals surface area contributed by atoms with E-state index in [0.29, 0.717) is 34.6 Å². The molecule has 3 aromatic carbocycles. The zero-order valence-electron chi connectivity index (χ0n) is 21.0. The van der Waals surface area contributed by atoms with E-state index < -0.39 is 11.9 Å². The van der Waals surface area contributed by atoms with Crippen molar-refractivity contribution in [2.45, 2.75) is 33.6 Å². The maximum Gasteiger partial charge on any atom is 0.345 e. The molecule has 0 fully saturated rings. The van der Waals surface area contributed by atoms with Crippen molar-refractivity contribution in [2.24, 2.45) is 5.10 Å². The van der Waals surface area contributed by atoms with Gasteiger partial charge >= 0.3 is 5.97 Å². The number of nitrogens with zero attached hydrogens (tertiary/aromatic N) is 1. The molecule has 0 spiro atoms. The van der Waals surface area contributed by atoms with Crippen LogP contribution in [-0.4, -0.2) is 31.3 Å². The van der Waals surface area contributed by atoms with E-state index in [-0.39, 0.29) is 22.9 Å². The maximum absolute atomic E-state index is 12.6. The van der Waals surface area contributed by atoms with Gasteiger partial charge in [-0.1, -0.05) is 49.2 Å². The molecular weight excluding hydrogens is 515 g/mol.